The minimum atomic E-state index is -0.665. The molecule has 0 fully saturated rings. The quantitative estimate of drug-likeness (QED) is 0.488. The SMILES string of the molecule is COC(=O)c1cc(Nc2ccccc2)c(Nc2ccc(OC)cc2OC)cc1C(=O)OC. The Kier molecular flexibility index (Phi) is 7.17. The van der Waals surface area contributed by atoms with Gasteiger partial charge in [0.25, 0.3) is 0 Å². The molecule has 8 nitrogen and oxygen atoms in total. The molecule has 2 N–H and O–H groups in total. The first kappa shape index (κ1) is 22.5. The van der Waals surface area contributed by atoms with E-state index in [1.54, 1.807) is 38.5 Å². The zero-order chi connectivity index (χ0) is 23.1. The van der Waals surface area contributed by atoms with Crippen molar-refractivity contribution < 1.29 is 28.5 Å². The molecule has 0 heterocycles. The van der Waals surface area contributed by atoms with E-state index in [2.05, 4.69) is 10.6 Å². The second kappa shape index (κ2) is 10.2. The fourth-order valence-corrected chi connectivity index (χ4v) is 3.09. The lowest BCUT2D eigenvalue weighted by Gasteiger charge is -2.19. The fraction of sp³-hybridized carbons (Fsp3) is 0.167. The van der Waals surface area contributed by atoms with E-state index in [0.717, 1.165) is 5.69 Å². The summed E-state index contributed by atoms with van der Waals surface area (Å²) in [6.45, 7) is 0. The molecule has 8 heteroatoms. The summed E-state index contributed by atoms with van der Waals surface area (Å²) in [5.74, 6) is -0.158. The van der Waals surface area contributed by atoms with Gasteiger partial charge in [-0.3, -0.25) is 0 Å². The van der Waals surface area contributed by atoms with Crippen LogP contribution in [0.3, 0.4) is 0 Å². The van der Waals surface area contributed by atoms with E-state index in [-0.39, 0.29) is 11.1 Å². The van der Waals surface area contributed by atoms with Crippen molar-refractivity contribution in [2.45, 2.75) is 0 Å². The van der Waals surface area contributed by atoms with E-state index in [9.17, 15) is 9.59 Å². The molecule has 0 aromatic heterocycles. The molecule has 0 atom stereocenters. The van der Waals surface area contributed by atoms with Gasteiger partial charge in [0.05, 0.1) is 56.6 Å². The number of carbonyl (C=O) groups is 2. The summed E-state index contributed by atoms with van der Waals surface area (Å²) in [5, 5.41) is 6.53. The number of ether oxygens (including phenoxy) is 4. The standard InChI is InChI=1S/C24H24N2O6/c1-29-16-10-11-19(22(12-16)30-2)26-21-14-18(24(28)32-4)17(23(27)31-3)13-20(21)25-15-8-6-5-7-9-15/h5-14,25-26H,1-4H3. The lowest BCUT2D eigenvalue weighted by Crippen LogP contribution is -2.13. The molecule has 0 bridgehead atoms. The Balaban J connectivity index is 2.15. The first-order valence-corrected chi connectivity index (χ1v) is 9.66. The Bertz CT molecular complexity index is 1110. The third-order valence-corrected chi connectivity index (χ3v) is 4.70. The third kappa shape index (κ3) is 4.92. The van der Waals surface area contributed by atoms with E-state index in [1.165, 1.54) is 20.3 Å². The second-order valence-electron chi connectivity index (χ2n) is 6.61. The van der Waals surface area contributed by atoms with Crippen LogP contribution in [-0.2, 0) is 9.47 Å². The number of carbonyl (C=O) groups excluding carboxylic acids is 2. The van der Waals surface area contributed by atoms with E-state index in [0.29, 0.717) is 28.6 Å². The summed E-state index contributed by atoms with van der Waals surface area (Å²) in [6.07, 6.45) is 0. The zero-order valence-electron chi connectivity index (χ0n) is 18.2. The molecule has 3 aromatic carbocycles. The molecule has 0 unspecified atom stereocenters. The van der Waals surface area contributed by atoms with Gasteiger partial charge in [0.15, 0.2) is 0 Å². The van der Waals surface area contributed by atoms with Crippen molar-refractivity contribution in [2.24, 2.45) is 0 Å². The van der Waals surface area contributed by atoms with E-state index in [1.807, 2.05) is 30.3 Å². The maximum absolute atomic E-state index is 12.4. The predicted octanol–water partition coefficient (Wildman–Crippen LogP) is 4.76. The van der Waals surface area contributed by atoms with Gasteiger partial charge in [-0.15, -0.1) is 0 Å². The van der Waals surface area contributed by atoms with E-state index < -0.39 is 11.9 Å². The monoisotopic (exact) mass is 436 g/mol. The number of benzene rings is 3. The third-order valence-electron chi connectivity index (χ3n) is 4.70. The lowest BCUT2D eigenvalue weighted by molar-refractivity contribution is 0.0555. The summed E-state index contributed by atoms with van der Waals surface area (Å²) in [6, 6.07) is 17.8. The minimum absolute atomic E-state index is 0.0629. The highest BCUT2D eigenvalue weighted by atomic mass is 16.5. The normalized spacial score (nSPS) is 10.1. The van der Waals surface area contributed by atoms with Gasteiger partial charge in [0.1, 0.15) is 11.5 Å². The van der Waals surface area contributed by atoms with Gasteiger partial charge in [-0.1, -0.05) is 18.2 Å². The molecule has 3 rings (SSSR count). The van der Waals surface area contributed by atoms with Gasteiger partial charge in [-0.2, -0.15) is 0 Å². The molecule has 0 radical (unpaired) electrons. The van der Waals surface area contributed by atoms with Crippen LogP contribution in [0.25, 0.3) is 0 Å². The molecule has 32 heavy (non-hydrogen) atoms. The molecular weight excluding hydrogens is 412 g/mol. The molecule has 0 amide bonds. The van der Waals surface area contributed by atoms with Crippen LogP contribution in [0.4, 0.5) is 22.7 Å². The molecular formula is C24H24N2O6. The lowest BCUT2D eigenvalue weighted by atomic mass is 10.0. The van der Waals surface area contributed by atoms with E-state index >= 15 is 0 Å². The average molecular weight is 436 g/mol. The Morgan fingerprint density at radius 2 is 1.25 bits per heavy atom. The highest BCUT2D eigenvalue weighted by Gasteiger charge is 2.22. The number of rotatable bonds is 8. The number of hydrogen-bond acceptors (Lipinski definition) is 8. The first-order valence-electron chi connectivity index (χ1n) is 9.66. The summed E-state index contributed by atoms with van der Waals surface area (Å²) < 4.78 is 20.5. The van der Waals surface area contributed by atoms with E-state index in [4.69, 9.17) is 18.9 Å². The number of hydrogen-bond donors (Lipinski definition) is 2. The Hall–Kier alpha value is -4.20. The van der Waals surface area contributed by atoms with Gasteiger partial charge in [0.2, 0.25) is 0 Å². The molecule has 166 valence electrons. The number of methoxy groups -OCH3 is 4. The summed E-state index contributed by atoms with van der Waals surface area (Å²) >= 11 is 0. The second-order valence-corrected chi connectivity index (χ2v) is 6.61. The van der Waals surface area contributed by atoms with Crippen molar-refractivity contribution in [3.63, 3.8) is 0 Å². The van der Waals surface area contributed by atoms with Crippen LogP contribution in [0.5, 0.6) is 11.5 Å². The maximum atomic E-state index is 12.4. The smallest absolute Gasteiger partial charge is 0.338 e. The van der Waals surface area contributed by atoms with Crippen LogP contribution in [0.15, 0.2) is 60.7 Å². The van der Waals surface area contributed by atoms with Gasteiger partial charge >= 0.3 is 11.9 Å². The molecule has 3 aromatic rings. The molecule has 0 saturated carbocycles. The number of para-hydroxylation sites is 1. The van der Waals surface area contributed by atoms with Gasteiger partial charge < -0.3 is 29.6 Å². The largest absolute Gasteiger partial charge is 0.497 e. The summed E-state index contributed by atoms with van der Waals surface area (Å²) in [7, 11) is 5.61. The van der Waals surface area contributed by atoms with Crippen molar-refractivity contribution in [3.8, 4) is 11.5 Å². The van der Waals surface area contributed by atoms with Crippen LogP contribution in [-0.4, -0.2) is 40.4 Å². The van der Waals surface area contributed by atoms with Crippen molar-refractivity contribution in [2.75, 3.05) is 39.1 Å². The minimum Gasteiger partial charge on any atom is -0.497 e. The van der Waals surface area contributed by atoms with Crippen molar-refractivity contribution in [1.29, 1.82) is 0 Å². The fourth-order valence-electron chi connectivity index (χ4n) is 3.09. The van der Waals surface area contributed by atoms with Crippen LogP contribution >= 0.6 is 0 Å². The van der Waals surface area contributed by atoms with Crippen LogP contribution in [0.1, 0.15) is 20.7 Å². The van der Waals surface area contributed by atoms with Crippen LogP contribution < -0.4 is 20.1 Å². The van der Waals surface area contributed by atoms with Crippen molar-refractivity contribution in [1.82, 2.24) is 0 Å². The maximum Gasteiger partial charge on any atom is 0.338 e. The first-order chi connectivity index (χ1) is 15.5. The van der Waals surface area contributed by atoms with Gasteiger partial charge in [0, 0.05) is 11.8 Å². The van der Waals surface area contributed by atoms with Crippen molar-refractivity contribution >= 4 is 34.7 Å². The highest BCUT2D eigenvalue weighted by molar-refractivity contribution is 6.06. The summed E-state index contributed by atoms with van der Waals surface area (Å²) in [4.78, 5) is 24.8. The molecule has 0 aliphatic heterocycles. The van der Waals surface area contributed by atoms with Gasteiger partial charge in [-0.25, -0.2) is 9.59 Å². The Morgan fingerprint density at radius 1 is 0.656 bits per heavy atom. The zero-order valence-corrected chi connectivity index (χ0v) is 18.2. The Labute approximate surface area is 186 Å². The number of nitrogens with one attached hydrogen (secondary N) is 2. The highest BCUT2D eigenvalue weighted by Crippen LogP contribution is 2.36. The Morgan fingerprint density at radius 3 is 1.78 bits per heavy atom. The van der Waals surface area contributed by atoms with Crippen LogP contribution in [0, 0.1) is 0 Å². The molecule has 0 aliphatic carbocycles. The average Bonchev–Trinajstić information content (AvgIpc) is 2.84. The number of anilines is 4. The molecule has 0 aliphatic rings. The molecule has 0 saturated heterocycles. The number of esters is 2. The van der Waals surface area contributed by atoms with Crippen molar-refractivity contribution in [3.05, 3.63) is 71.8 Å². The van der Waals surface area contributed by atoms with Crippen LogP contribution in [0.2, 0.25) is 0 Å². The molecule has 0 spiro atoms. The summed E-state index contributed by atoms with van der Waals surface area (Å²) in [5.41, 5.74) is 2.62. The predicted molar refractivity (Wildman–Crippen MR) is 122 cm³/mol. The van der Waals surface area contributed by atoms with Gasteiger partial charge in [-0.05, 0) is 36.4 Å². The topological polar surface area (TPSA) is 95.1 Å².